The number of benzene rings is 1. The summed E-state index contributed by atoms with van der Waals surface area (Å²) in [4.78, 5) is 12.1. The molecule has 3 heteroatoms. The summed E-state index contributed by atoms with van der Waals surface area (Å²) in [5, 5.41) is 6.70. The molecule has 2 aliphatic rings. The number of nitrogens with one attached hydrogen (secondary N) is 2. The molecule has 1 aromatic rings. The van der Waals surface area contributed by atoms with Gasteiger partial charge in [0, 0.05) is 18.5 Å². The van der Waals surface area contributed by atoms with Crippen molar-refractivity contribution in [3.63, 3.8) is 0 Å². The van der Waals surface area contributed by atoms with E-state index in [1.807, 2.05) is 0 Å². The highest BCUT2D eigenvalue weighted by Gasteiger charge is 2.22. The average Bonchev–Trinajstić information content (AvgIpc) is 2.88. The van der Waals surface area contributed by atoms with E-state index < -0.39 is 0 Å². The highest BCUT2D eigenvalue weighted by Crippen LogP contribution is 2.21. The summed E-state index contributed by atoms with van der Waals surface area (Å²) in [5.41, 5.74) is 2.79. The zero-order chi connectivity index (χ0) is 13.8. The van der Waals surface area contributed by atoms with Crippen molar-refractivity contribution in [3.05, 3.63) is 35.4 Å². The second kappa shape index (κ2) is 6.40. The Morgan fingerprint density at radius 2 is 1.95 bits per heavy atom. The maximum absolute atomic E-state index is 12.1. The van der Waals surface area contributed by atoms with Crippen LogP contribution in [0.3, 0.4) is 0 Å². The summed E-state index contributed by atoms with van der Waals surface area (Å²) in [7, 11) is 0. The number of fused-ring (bicyclic) bond motifs is 1. The van der Waals surface area contributed by atoms with Gasteiger partial charge < -0.3 is 10.6 Å². The maximum atomic E-state index is 12.1. The lowest BCUT2D eigenvalue weighted by molar-refractivity contribution is -0.122. The van der Waals surface area contributed by atoms with Crippen LogP contribution in [0.1, 0.15) is 43.2 Å². The van der Waals surface area contributed by atoms with Crippen LogP contribution in [-0.4, -0.2) is 24.5 Å². The lowest BCUT2D eigenvalue weighted by Gasteiger charge is -2.23. The Bertz CT molecular complexity index is 441. The number of amides is 1. The van der Waals surface area contributed by atoms with Gasteiger partial charge in [0.1, 0.15) is 0 Å². The van der Waals surface area contributed by atoms with E-state index in [9.17, 15) is 4.79 Å². The van der Waals surface area contributed by atoms with Gasteiger partial charge in [0.2, 0.25) is 5.91 Å². The molecule has 0 spiro atoms. The lowest BCUT2D eigenvalue weighted by atomic mass is 10.0. The van der Waals surface area contributed by atoms with E-state index in [1.165, 1.54) is 30.4 Å². The lowest BCUT2D eigenvalue weighted by Crippen LogP contribution is -2.38. The van der Waals surface area contributed by atoms with Gasteiger partial charge in [-0.05, 0) is 49.8 Å². The largest absolute Gasteiger partial charge is 0.353 e. The van der Waals surface area contributed by atoms with Crippen molar-refractivity contribution in [2.24, 2.45) is 0 Å². The van der Waals surface area contributed by atoms with Gasteiger partial charge >= 0.3 is 0 Å². The molecule has 1 fully saturated rings. The molecular formula is C17H24N2O. The summed E-state index contributed by atoms with van der Waals surface area (Å²) >= 11 is 0. The Kier molecular flexibility index (Phi) is 4.36. The number of carbonyl (C=O) groups excluding carboxylic acids is 1. The highest BCUT2D eigenvalue weighted by molar-refractivity contribution is 5.76. The number of rotatable bonds is 4. The Hall–Kier alpha value is -1.35. The zero-order valence-corrected chi connectivity index (χ0v) is 12.0. The summed E-state index contributed by atoms with van der Waals surface area (Å²) in [6.07, 6.45) is 7.42. The minimum absolute atomic E-state index is 0.218. The topological polar surface area (TPSA) is 41.1 Å². The Balaban J connectivity index is 1.41. The van der Waals surface area contributed by atoms with Gasteiger partial charge in [0.15, 0.2) is 0 Å². The minimum Gasteiger partial charge on any atom is -0.353 e. The van der Waals surface area contributed by atoms with Gasteiger partial charge in [0.25, 0.3) is 0 Å². The van der Waals surface area contributed by atoms with Crippen LogP contribution in [0.2, 0.25) is 0 Å². The zero-order valence-electron chi connectivity index (χ0n) is 12.0. The van der Waals surface area contributed by atoms with Crippen molar-refractivity contribution in [1.82, 2.24) is 10.6 Å². The van der Waals surface area contributed by atoms with Gasteiger partial charge in [-0.1, -0.05) is 30.7 Å². The molecule has 0 saturated carbocycles. The minimum atomic E-state index is 0.218. The van der Waals surface area contributed by atoms with E-state index in [-0.39, 0.29) is 5.91 Å². The molecule has 2 N–H and O–H groups in total. The fourth-order valence-corrected chi connectivity index (χ4v) is 3.44. The van der Waals surface area contributed by atoms with Crippen molar-refractivity contribution < 1.29 is 4.79 Å². The van der Waals surface area contributed by atoms with E-state index in [0.29, 0.717) is 18.5 Å². The molecule has 1 amide bonds. The van der Waals surface area contributed by atoms with Crippen LogP contribution in [0.5, 0.6) is 0 Å². The molecule has 1 heterocycles. The van der Waals surface area contributed by atoms with Gasteiger partial charge in [-0.15, -0.1) is 0 Å². The third-order valence-electron chi connectivity index (χ3n) is 4.55. The van der Waals surface area contributed by atoms with E-state index in [4.69, 9.17) is 0 Å². The van der Waals surface area contributed by atoms with E-state index >= 15 is 0 Å². The van der Waals surface area contributed by atoms with Gasteiger partial charge in [-0.3, -0.25) is 4.79 Å². The van der Waals surface area contributed by atoms with Crippen LogP contribution in [-0.2, 0) is 17.6 Å². The molecule has 0 radical (unpaired) electrons. The Morgan fingerprint density at radius 3 is 2.60 bits per heavy atom. The SMILES string of the molecule is O=C(CCC1CCCCN1)NC1Cc2ccccc2C1. The molecule has 0 bridgehead atoms. The van der Waals surface area contributed by atoms with E-state index in [0.717, 1.165) is 25.8 Å². The fourth-order valence-electron chi connectivity index (χ4n) is 3.44. The third kappa shape index (κ3) is 3.40. The smallest absolute Gasteiger partial charge is 0.220 e. The van der Waals surface area contributed by atoms with Gasteiger partial charge in [-0.25, -0.2) is 0 Å². The molecule has 20 heavy (non-hydrogen) atoms. The molecule has 1 aromatic carbocycles. The van der Waals surface area contributed by atoms with E-state index in [2.05, 4.69) is 34.9 Å². The van der Waals surface area contributed by atoms with Crippen molar-refractivity contribution in [3.8, 4) is 0 Å². The molecule has 1 aliphatic carbocycles. The van der Waals surface area contributed by atoms with Crippen molar-refractivity contribution >= 4 is 5.91 Å². The van der Waals surface area contributed by atoms with Crippen molar-refractivity contribution in [1.29, 1.82) is 0 Å². The second-order valence-electron chi connectivity index (χ2n) is 6.13. The number of hydrogen-bond acceptors (Lipinski definition) is 2. The van der Waals surface area contributed by atoms with Crippen molar-refractivity contribution in [2.75, 3.05) is 6.54 Å². The first-order chi connectivity index (χ1) is 9.81. The average molecular weight is 272 g/mol. The first-order valence-electron chi connectivity index (χ1n) is 7.91. The molecule has 3 rings (SSSR count). The molecule has 1 unspecified atom stereocenters. The normalized spacial score (nSPS) is 22.5. The Morgan fingerprint density at radius 1 is 1.20 bits per heavy atom. The first-order valence-corrected chi connectivity index (χ1v) is 7.91. The highest BCUT2D eigenvalue weighted by atomic mass is 16.1. The summed E-state index contributed by atoms with van der Waals surface area (Å²) < 4.78 is 0. The maximum Gasteiger partial charge on any atom is 0.220 e. The van der Waals surface area contributed by atoms with Crippen LogP contribution in [0, 0.1) is 0 Å². The standard InChI is InChI=1S/C17H24N2O/c20-17(9-8-15-7-3-4-10-18-15)19-16-11-13-5-1-2-6-14(13)12-16/h1-2,5-6,15-16,18H,3-4,7-12H2,(H,19,20). The summed E-state index contributed by atoms with van der Waals surface area (Å²) in [6.45, 7) is 1.12. The number of piperidine rings is 1. The molecule has 1 atom stereocenters. The van der Waals surface area contributed by atoms with E-state index in [1.54, 1.807) is 0 Å². The van der Waals surface area contributed by atoms with Gasteiger partial charge in [-0.2, -0.15) is 0 Å². The Labute approximate surface area is 121 Å². The molecule has 1 saturated heterocycles. The van der Waals surface area contributed by atoms with Gasteiger partial charge in [0.05, 0.1) is 0 Å². The third-order valence-corrected chi connectivity index (χ3v) is 4.55. The van der Waals surface area contributed by atoms with Crippen LogP contribution in [0.15, 0.2) is 24.3 Å². The number of hydrogen-bond donors (Lipinski definition) is 2. The first kappa shape index (κ1) is 13.6. The van der Waals surface area contributed by atoms with Crippen LogP contribution in [0.25, 0.3) is 0 Å². The van der Waals surface area contributed by atoms with Crippen molar-refractivity contribution in [2.45, 2.75) is 57.0 Å². The molecule has 3 nitrogen and oxygen atoms in total. The quantitative estimate of drug-likeness (QED) is 0.882. The molecule has 1 aliphatic heterocycles. The predicted octanol–water partition coefficient (Wildman–Crippen LogP) is 2.19. The number of carbonyl (C=O) groups is 1. The monoisotopic (exact) mass is 272 g/mol. The predicted molar refractivity (Wildman–Crippen MR) is 80.7 cm³/mol. The van der Waals surface area contributed by atoms with Crippen LogP contribution < -0.4 is 10.6 Å². The fraction of sp³-hybridized carbons (Fsp3) is 0.588. The van der Waals surface area contributed by atoms with Crippen LogP contribution in [0.4, 0.5) is 0 Å². The summed E-state index contributed by atoms with van der Waals surface area (Å²) in [5.74, 6) is 0.218. The molecular weight excluding hydrogens is 248 g/mol. The molecule has 108 valence electrons. The molecule has 0 aromatic heterocycles. The van der Waals surface area contributed by atoms with Crippen LogP contribution >= 0.6 is 0 Å². The summed E-state index contributed by atoms with van der Waals surface area (Å²) in [6, 6.07) is 9.37. The second-order valence-corrected chi connectivity index (χ2v) is 6.13.